The van der Waals surface area contributed by atoms with Crippen molar-refractivity contribution in [2.45, 2.75) is 57.6 Å². The Labute approximate surface area is 176 Å². The molecular weight excluding hydrogens is 382 g/mol. The van der Waals surface area contributed by atoms with E-state index in [-0.39, 0.29) is 24.5 Å². The van der Waals surface area contributed by atoms with Crippen LogP contribution in [0, 0.1) is 0 Å². The normalized spacial score (nSPS) is 28.6. The van der Waals surface area contributed by atoms with E-state index in [2.05, 4.69) is 45.0 Å². The van der Waals surface area contributed by atoms with Crippen LogP contribution in [0.15, 0.2) is 28.2 Å². The van der Waals surface area contributed by atoms with Crippen LogP contribution in [0.3, 0.4) is 0 Å². The van der Waals surface area contributed by atoms with Crippen molar-refractivity contribution in [3.8, 4) is 5.75 Å². The first-order chi connectivity index (χ1) is 14.7. The van der Waals surface area contributed by atoms with E-state index in [9.17, 15) is 0 Å². The van der Waals surface area contributed by atoms with Gasteiger partial charge >= 0.3 is 0 Å². The second kappa shape index (κ2) is 8.45. The molecule has 0 aliphatic carbocycles. The van der Waals surface area contributed by atoms with Gasteiger partial charge in [-0.15, -0.1) is 0 Å². The third-order valence-corrected chi connectivity index (χ3v) is 5.98. The van der Waals surface area contributed by atoms with Gasteiger partial charge in [-0.2, -0.15) is 5.10 Å². The highest BCUT2D eigenvalue weighted by atomic mass is 16.5. The van der Waals surface area contributed by atoms with Gasteiger partial charge in [-0.3, -0.25) is 15.0 Å². The van der Waals surface area contributed by atoms with Gasteiger partial charge in [0, 0.05) is 37.7 Å². The Hall–Kier alpha value is -2.29. The fourth-order valence-corrected chi connectivity index (χ4v) is 4.57. The van der Waals surface area contributed by atoms with Crippen molar-refractivity contribution in [3.05, 3.63) is 23.9 Å². The van der Waals surface area contributed by atoms with Gasteiger partial charge in [-0.1, -0.05) is 0 Å². The van der Waals surface area contributed by atoms with Gasteiger partial charge in [0.15, 0.2) is 0 Å². The highest BCUT2D eigenvalue weighted by Gasteiger charge is 2.30. The summed E-state index contributed by atoms with van der Waals surface area (Å²) in [6, 6.07) is 6.11. The van der Waals surface area contributed by atoms with Crippen molar-refractivity contribution in [1.82, 2.24) is 15.1 Å². The fraction of sp³-hybridized carbons (Fsp3) is 0.591. The van der Waals surface area contributed by atoms with Crippen molar-refractivity contribution in [1.29, 1.82) is 0 Å². The number of nitrogens with one attached hydrogen (secondary N) is 1. The monoisotopic (exact) mass is 411 g/mol. The molecule has 5 rings (SSSR count). The highest BCUT2D eigenvalue weighted by Crippen LogP contribution is 2.27. The van der Waals surface area contributed by atoms with Crippen LogP contribution < -0.4 is 4.74 Å². The van der Waals surface area contributed by atoms with E-state index in [0.717, 1.165) is 73.6 Å². The van der Waals surface area contributed by atoms with E-state index < -0.39 is 0 Å². The minimum atomic E-state index is 0.0692. The average Bonchev–Trinajstić information content (AvgIpc) is 3.17. The number of aromatic nitrogens is 2. The summed E-state index contributed by atoms with van der Waals surface area (Å²) in [6.45, 7) is 7.52. The smallest absolute Gasteiger partial charge is 0.120 e. The summed E-state index contributed by atoms with van der Waals surface area (Å²) < 4.78 is 17.5. The van der Waals surface area contributed by atoms with Crippen LogP contribution >= 0.6 is 0 Å². The molecule has 4 heterocycles. The first kappa shape index (κ1) is 19.7. The van der Waals surface area contributed by atoms with Crippen molar-refractivity contribution in [2.75, 3.05) is 26.3 Å². The Morgan fingerprint density at radius 1 is 1.13 bits per heavy atom. The van der Waals surface area contributed by atoms with Gasteiger partial charge in [0.2, 0.25) is 0 Å². The van der Waals surface area contributed by atoms with Crippen LogP contribution in [-0.2, 0) is 9.47 Å². The lowest BCUT2D eigenvalue weighted by molar-refractivity contribution is -0.0787. The number of aromatic amines is 1. The van der Waals surface area contributed by atoms with Crippen LogP contribution in [0.5, 0.6) is 5.75 Å². The summed E-state index contributed by atoms with van der Waals surface area (Å²) in [6.07, 6.45) is 4.97. The van der Waals surface area contributed by atoms with Gasteiger partial charge in [-0.25, -0.2) is 4.99 Å². The molecular formula is C22H29N5O3. The molecule has 0 bridgehead atoms. The SMILES string of the molecule is CC1CN(C2CC(c3n[nH]c4ccc(OC5CCOCC5)cc34)=NC=N2)C[C@@H](C)O1. The fourth-order valence-electron chi connectivity index (χ4n) is 4.57. The zero-order valence-electron chi connectivity index (χ0n) is 17.6. The zero-order chi connectivity index (χ0) is 20.5. The minimum absolute atomic E-state index is 0.0692. The van der Waals surface area contributed by atoms with Gasteiger partial charge in [0.25, 0.3) is 0 Å². The molecule has 0 amide bonds. The number of nitrogens with zero attached hydrogens (tertiary/aromatic N) is 4. The molecule has 0 radical (unpaired) electrons. The number of rotatable bonds is 4. The minimum Gasteiger partial charge on any atom is -0.490 e. The van der Waals surface area contributed by atoms with Crippen molar-refractivity contribution in [2.24, 2.45) is 9.98 Å². The van der Waals surface area contributed by atoms with E-state index >= 15 is 0 Å². The second-order valence-electron chi connectivity index (χ2n) is 8.45. The number of fused-ring (bicyclic) bond motifs is 1. The lowest BCUT2D eigenvalue weighted by atomic mass is 10.1. The van der Waals surface area contributed by atoms with E-state index in [1.165, 1.54) is 0 Å². The first-order valence-electron chi connectivity index (χ1n) is 10.9. The Bertz CT molecular complexity index is 939. The number of benzene rings is 1. The zero-order valence-corrected chi connectivity index (χ0v) is 17.6. The number of ether oxygens (including phenoxy) is 3. The van der Waals surface area contributed by atoms with E-state index in [1.54, 1.807) is 6.34 Å². The van der Waals surface area contributed by atoms with Crippen molar-refractivity contribution >= 4 is 23.0 Å². The van der Waals surface area contributed by atoms with Gasteiger partial charge in [-0.05, 0) is 32.0 Å². The number of H-pyrrole nitrogens is 1. The molecule has 30 heavy (non-hydrogen) atoms. The number of morpholine rings is 1. The van der Waals surface area contributed by atoms with Crippen LogP contribution in [0.25, 0.3) is 10.9 Å². The van der Waals surface area contributed by atoms with Crippen molar-refractivity contribution in [3.63, 3.8) is 0 Å². The first-order valence-corrected chi connectivity index (χ1v) is 10.9. The topological polar surface area (TPSA) is 84.3 Å². The molecule has 1 N–H and O–H groups in total. The summed E-state index contributed by atoms with van der Waals surface area (Å²) >= 11 is 0. The van der Waals surface area contributed by atoms with Crippen LogP contribution in [0.4, 0.5) is 0 Å². The maximum atomic E-state index is 6.21. The molecule has 2 fully saturated rings. The molecule has 8 heteroatoms. The third kappa shape index (κ3) is 4.12. The lowest BCUT2D eigenvalue weighted by Gasteiger charge is -2.39. The quantitative estimate of drug-likeness (QED) is 0.836. The largest absolute Gasteiger partial charge is 0.490 e. The molecule has 0 spiro atoms. The summed E-state index contributed by atoms with van der Waals surface area (Å²) in [5.74, 6) is 0.870. The Morgan fingerprint density at radius 2 is 1.93 bits per heavy atom. The Balaban J connectivity index is 1.35. The average molecular weight is 412 g/mol. The molecule has 0 saturated carbocycles. The number of hydrogen-bond acceptors (Lipinski definition) is 7. The lowest BCUT2D eigenvalue weighted by Crippen LogP contribution is -2.50. The Morgan fingerprint density at radius 3 is 2.73 bits per heavy atom. The van der Waals surface area contributed by atoms with Crippen LogP contribution in [0.1, 0.15) is 38.8 Å². The van der Waals surface area contributed by atoms with E-state index in [0.29, 0.717) is 0 Å². The molecule has 8 nitrogen and oxygen atoms in total. The predicted octanol–water partition coefficient (Wildman–Crippen LogP) is 2.78. The molecule has 3 aliphatic heterocycles. The molecule has 2 aromatic rings. The van der Waals surface area contributed by atoms with Crippen LogP contribution in [-0.4, -0.2) is 77.9 Å². The van der Waals surface area contributed by atoms with Gasteiger partial charge < -0.3 is 14.2 Å². The maximum absolute atomic E-state index is 6.21. The van der Waals surface area contributed by atoms with Gasteiger partial charge in [0.1, 0.15) is 30.1 Å². The molecule has 1 aromatic heterocycles. The standard InChI is InChI=1S/C22H29N5O3/c1-14-11-27(12-15(2)29-14)21-10-20(23-13-24-21)22-18-9-17(3-4-19(18)25-26-22)30-16-5-7-28-8-6-16/h3-4,9,13-16,21H,5-8,10-12H2,1-2H3,(H,25,26)/t14-,15?,21?/m1/s1. The molecule has 1 aromatic carbocycles. The summed E-state index contributed by atoms with van der Waals surface area (Å²) in [4.78, 5) is 11.6. The molecule has 160 valence electrons. The van der Waals surface area contributed by atoms with Crippen LogP contribution in [0.2, 0.25) is 0 Å². The highest BCUT2D eigenvalue weighted by molar-refractivity contribution is 6.12. The third-order valence-electron chi connectivity index (χ3n) is 5.98. The number of aliphatic imine (C=N–C) groups is 2. The molecule has 2 unspecified atom stereocenters. The molecule has 3 atom stereocenters. The van der Waals surface area contributed by atoms with Crippen molar-refractivity contribution < 1.29 is 14.2 Å². The summed E-state index contributed by atoms with van der Waals surface area (Å²) in [5.41, 5.74) is 2.82. The van der Waals surface area contributed by atoms with Gasteiger partial charge in [0.05, 0.1) is 36.7 Å². The molecule has 2 saturated heterocycles. The van der Waals surface area contributed by atoms with E-state index in [1.807, 2.05) is 12.1 Å². The summed E-state index contributed by atoms with van der Waals surface area (Å²) in [7, 11) is 0. The molecule has 3 aliphatic rings. The predicted molar refractivity (Wildman–Crippen MR) is 116 cm³/mol. The number of hydrogen-bond donors (Lipinski definition) is 1. The summed E-state index contributed by atoms with van der Waals surface area (Å²) in [5, 5.41) is 8.76. The maximum Gasteiger partial charge on any atom is 0.120 e. The Kier molecular flexibility index (Phi) is 5.54. The second-order valence-corrected chi connectivity index (χ2v) is 8.45. The van der Waals surface area contributed by atoms with E-state index in [4.69, 9.17) is 14.2 Å².